The fraction of sp³-hybridized carbons (Fsp3) is 0.571. The Kier molecular flexibility index (Phi) is 3.67. The molecule has 1 aromatic carbocycles. The molecule has 0 spiro atoms. The second-order valence-electron chi connectivity index (χ2n) is 4.79. The van der Waals surface area contributed by atoms with E-state index in [0.717, 1.165) is 25.7 Å². The largest absolute Gasteiger partial charge is 0.497 e. The van der Waals surface area contributed by atoms with Crippen LogP contribution in [0.2, 0.25) is 0 Å². The lowest BCUT2D eigenvalue weighted by Gasteiger charge is -2.27. The second kappa shape index (κ2) is 5.05. The molecule has 0 unspecified atom stereocenters. The Balaban J connectivity index is 2.35. The smallest absolute Gasteiger partial charge is 0.129 e. The summed E-state index contributed by atoms with van der Waals surface area (Å²) in [5.41, 5.74) is -0.631. The van der Waals surface area contributed by atoms with Crippen LogP contribution in [0.4, 0.5) is 4.39 Å². The predicted molar refractivity (Wildman–Crippen MR) is 64.6 cm³/mol. The third-order valence-electron chi connectivity index (χ3n) is 3.61. The van der Waals surface area contributed by atoms with Gasteiger partial charge in [-0.15, -0.1) is 0 Å². The number of ether oxygens (including phenoxy) is 1. The number of hydrogen-bond acceptors (Lipinski definition) is 2. The van der Waals surface area contributed by atoms with Crippen molar-refractivity contribution in [3.8, 4) is 5.75 Å². The van der Waals surface area contributed by atoms with Crippen LogP contribution < -0.4 is 4.74 Å². The van der Waals surface area contributed by atoms with Crippen molar-refractivity contribution >= 4 is 0 Å². The first-order valence-electron chi connectivity index (χ1n) is 6.22. The monoisotopic (exact) mass is 238 g/mol. The van der Waals surface area contributed by atoms with Gasteiger partial charge in [-0.05, 0) is 31.0 Å². The van der Waals surface area contributed by atoms with Gasteiger partial charge in [0.25, 0.3) is 0 Å². The van der Waals surface area contributed by atoms with E-state index < -0.39 is 5.60 Å². The molecule has 2 rings (SSSR count). The number of methoxy groups -OCH3 is 1. The summed E-state index contributed by atoms with van der Waals surface area (Å²) in [4.78, 5) is 0. The Morgan fingerprint density at radius 2 is 1.82 bits per heavy atom. The molecule has 0 aromatic heterocycles. The van der Waals surface area contributed by atoms with Crippen molar-refractivity contribution in [3.63, 3.8) is 0 Å². The molecule has 1 aliphatic carbocycles. The molecule has 1 fully saturated rings. The molecule has 0 amide bonds. The Hall–Kier alpha value is -1.09. The number of benzene rings is 1. The molecule has 3 heteroatoms. The molecule has 0 atom stereocenters. The third-order valence-corrected chi connectivity index (χ3v) is 3.61. The highest BCUT2D eigenvalue weighted by atomic mass is 19.1. The van der Waals surface area contributed by atoms with Gasteiger partial charge >= 0.3 is 0 Å². The first-order valence-corrected chi connectivity index (χ1v) is 6.22. The first kappa shape index (κ1) is 12.4. The van der Waals surface area contributed by atoms with Gasteiger partial charge in [0.1, 0.15) is 11.6 Å². The lowest BCUT2D eigenvalue weighted by atomic mass is 9.86. The molecule has 0 bridgehead atoms. The van der Waals surface area contributed by atoms with Crippen LogP contribution in [-0.4, -0.2) is 12.2 Å². The number of aliphatic hydroxyl groups is 1. The van der Waals surface area contributed by atoms with E-state index in [1.807, 2.05) is 0 Å². The lowest BCUT2D eigenvalue weighted by Crippen LogP contribution is -2.26. The van der Waals surface area contributed by atoms with Crippen LogP contribution in [0.25, 0.3) is 0 Å². The molecule has 0 saturated heterocycles. The SMILES string of the molecule is COc1ccc(F)c(C2(O)CCCCCC2)c1. The van der Waals surface area contributed by atoms with Crippen molar-refractivity contribution in [1.29, 1.82) is 0 Å². The zero-order valence-electron chi connectivity index (χ0n) is 10.2. The molecule has 1 aromatic rings. The normalized spacial score (nSPS) is 19.7. The van der Waals surface area contributed by atoms with Gasteiger partial charge in [0.15, 0.2) is 0 Å². The number of hydrogen-bond donors (Lipinski definition) is 1. The Morgan fingerprint density at radius 1 is 1.18 bits per heavy atom. The maximum absolute atomic E-state index is 13.9. The maximum atomic E-state index is 13.9. The van der Waals surface area contributed by atoms with E-state index in [9.17, 15) is 9.50 Å². The van der Waals surface area contributed by atoms with E-state index in [4.69, 9.17) is 4.74 Å². The second-order valence-corrected chi connectivity index (χ2v) is 4.79. The zero-order valence-corrected chi connectivity index (χ0v) is 10.2. The summed E-state index contributed by atoms with van der Waals surface area (Å²) in [6, 6.07) is 4.58. The van der Waals surface area contributed by atoms with Gasteiger partial charge in [-0.1, -0.05) is 25.7 Å². The summed E-state index contributed by atoms with van der Waals surface area (Å²) in [7, 11) is 1.55. The quantitative estimate of drug-likeness (QED) is 0.800. The highest BCUT2D eigenvalue weighted by Gasteiger charge is 2.32. The topological polar surface area (TPSA) is 29.5 Å². The molecule has 2 nitrogen and oxygen atoms in total. The highest BCUT2D eigenvalue weighted by molar-refractivity contribution is 5.33. The molecule has 1 N–H and O–H groups in total. The van der Waals surface area contributed by atoms with Crippen molar-refractivity contribution in [1.82, 2.24) is 0 Å². The van der Waals surface area contributed by atoms with E-state index in [1.54, 1.807) is 19.2 Å². The van der Waals surface area contributed by atoms with Gasteiger partial charge in [0, 0.05) is 5.56 Å². The molecule has 0 aliphatic heterocycles. The van der Waals surface area contributed by atoms with Crippen molar-refractivity contribution in [2.24, 2.45) is 0 Å². The van der Waals surface area contributed by atoms with Gasteiger partial charge < -0.3 is 9.84 Å². The zero-order chi connectivity index (χ0) is 12.3. The van der Waals surface area contributed by atoms with Crippen molar-refractivity contribution in [3.05, 3.63) is 29.6 Å². The molecular weight excluding hydrogens is 219 g/mol. The molecule has 0 radical (unpaired) electrons. The average Bonchev–Trinajstić information content (AvgIpc) is 2.55. The van der Waals surface area contributed by atoms with E-state index in [1.165, 1.54) is 6.07 Å². The molecule has 1 aliphatic rings. The van der Waals surface area contributed by atoms with Crippen LogP contribution in [-0.2, 0) is 5.60 Å². The van der Waals surface area contributed by atoms with Gasteiger partial charge in [0.05, 0.1) is 12.7 Å². The van der Waals surface area contributed by atoms with Gasteiger partial charge in [-0.25, -0.2) is 4.39 Å². The van der Waals surface area contributed by atoms with Crippen LogP contribution >= 0.6 is 0 Å². The summed E-state index contributed by atoms with van der Waals surface area (Å²) in [5.74, 6) is 0.259. The van der Waals surface area contributed by atoms with Crippen molar-refractivity contribution < 1.29 is 14.2 Å². The lowest BCUT2D eigenvalue weighted by molar-refractivity contribution is 0.0171. The van der Waals surface area contributed by atoms with E-state index >= 15 is 0 Å². The summed E-state index contributed by atoms with van der Waals surface area (Å²) in [6.07, 6.45) is 5.41. The summed E-state index contributed by atoms with van der Waals surface area (Å²) < 4.78 is 19.0. The molecule has 1 saturated carbocycles. The number of halogens is 1. The van der Waals surface area contributed by atoms with Crippen LogP contribution in [0.15, 0.2) is 18.2 Å². The molecule has 17 heavy (non-hydrogen) atoms. The van der Waals surface area contributed by atoms with Gasteiger partial charge in [-0.2, -0.15) is 0 Å². The van der Waals surface area contributed by atoms with Crippen LogP contribution in [0, 0.1) is 5.82 Å². The van der Waals surface area contributed by atoms with Crippen molar-refractivity contribution in [2.75, 3.05) is 7.11 Å². The number of rotatable bonds is 2. The van der Waals surface area contributed by atoms with E-state index in [-0.39, 0.29) is 5.82 Å². The minimum atomic E-state index is -1.02. The third kappa shape index (κ3) is 2.60. The maximum Gasteiger partial charge on any atom is 0.129 e. The summed E-state index contributed by atoms with van der Waals surface area (Å²) in [6.45, 7) is 0. The standard InChI is InChI=1S/C14H19FO2/c1-17-11-6-7-13(15)12(10-11)14(16)8-4-2-3-5-9-14/h6-7,10,16H,2-5,8-9H2,1H3. The Labute approximate surface area is 101 Å². The van der Waals surface area contributed by atoms with Gasteiger partial charge in [0.2, 0.25) is 0 Å². The fourth-order valence-electron chi connectivity index (χ4n) is 2.57. The molecular formula is C14H19FO2. The Morgan fingerprint density at radius 3 is 2.41 bits per heavy atom. The first-order chi connectivity index (χ1) is 8.15. The van der Waals surface area contributed by atoms with Crippen molar-refractivity contribution in [2.45, 2.75) is 44.1 Å². The van der Waals surface area contributed by atoms with E-state index in [0.29, 0.717) is 24.2 Å². The highest BCUT2D eigenvalue weighted by Crippen LogP contribution is 2.38. The fourth-order valence-corrected chi connectivity index (χ4v) is 2.57. The van der Waals surface area contributed by atoms with Crippen LogP contribution in [0.3, 0.4) is 0 Å². The van der Waals surface area contributed by atoms with Crippen LogP contribution in [0.1, 0.15) is 44.1 Å². The van der Waals surface area contributed by atoms with Gasteiger partial charge in [-0.3, -0.25) is 0 Å². The average molecular weight is 238 g/mol. The molecule has 94 valence electrons. The minimum absolute atomic E-state index is 0.338. The summed E-state index contributed by atoms with van der Waals surface area (Å²) >= 11 is 0. The predicted octanol–water partition coefficient (Wildman–Crippen LogP) is 3.38. The van der Waals surface area contributed by atoms with Crippen LogP contribution in [0.5, 0.6) is 5.75 Å². The molecule has 0 heterocycles. The summed E-state index contributed by atoms with van der Waals surface area (Å²) in [5, 5.41) is 10.6. The Bertz CT molecular complexity index is 382. The van der Waals surface area contributed by atoms with E-state index in [2.05, 4.69) is 0 Å². The minimum Gasteiger partial charge on any atom is -0.497 e.